The highest BCUT2D eigenvalue weighted by molar-refractivity contribution is 5.51. The Morgan fingerprint density at radius 2 is 1.94 bits per heavy atom. The zero-order valence-corrected chi connectivity index (χ0v) is 12.0. The summed E-state index contributed by atoms with van der Waals surface area (Å²) in [5.74, 6) is 0.882. The first kappa shape index (κ1) is 14.9. The SMILES string of the molecule is COCCN(c1nnc(C)c(C)c1CN)C(C)C. The van der Waals surface area contributed by atoms with E-state index in [9.17, 15) is 0 Å². The molecule has 2 N–H and O–H groups in total. The molecule has 0 spiro atoms. The van der Waals surface area contributed by atoms with Gasteiger partial charge in [0, 0.05) is 31.8 Å². The quantitative estimate of drug-likeness (QED) is 0.829. The molecule has 0 aromatic carbocycles. The summed E-state index contributed by atoms with van der Waals surface area (Å²) < 4.78 is 5.15. The predicted octanol–water partition coefficient (Wildman–Crippen LogP) is 1.41. The molecule has 0 aliphatic carbocycles. The molecule has 1 rings (SSSR count). The van der Waals surface area contributed by atoms with Crippen LogP contribution in [0.1, 0.15) is 30.7 Å². The number of nitrogens with two attached hydrogens (primary N) is 1. The van der Waals surface area contributed by atoms with E-state index in [1.54, 1.807) is 7.11 Å². The van der Waals surface area contributed by atoms with Gasteiger partial charge in [0.1, 0.15) is 0 Å². The summed E-state index contributed by atoms with van der Waals surface area (Å²) >= 11 is 0. The third kappa shape index (κ3) is 3.17. The fourth-order valence-corrected chi connectivity index (χ4v) is 1.92. The maximum absolute atomic E-state index is 5.86. The first-order valence-electron chi connectivity index (χ1n) is 6.31. The monoisotopic (exact) mass is 252 g/mol. The Bertz CT molecular complexity index is 393. The molecule has 1 heterocycles. The molecule has 0 aliphatic heterocycles. The van der Waals surface area contributed by atoms with E-state index in [2.05, 4.69) is 28.9 Å². The average Bonchev–Trinajstić information content (AvgIpc) is 2.33. The molecule has 0 unspecified atom stereocenters. The van der Waals surface area contributed by atoms with Crippen molar-refractivity contribution in [1.29, 1.82) is 0 Å². The molecule has 5 heteroatoms. The van der Waals surface area contributed by atoms with Crippen LogP contribution in [-0.4, -0.2) is 36.5 Å². The van der Waals surface area contributed by atoms with Crippen LogP contribution in [0.4, 0.5) is 5.82 Å². The topological polar surface area (TPSA) is 64.3 Å². The van der Waals surface area contributed by atoms with Crippen molar-refractivity contribution in [3.8, 4) is 0 Å². The van der Waals surface area contributed by atoms with Gasteiger partial charge in [-0.25, -0.2) is 0 Å². The van der Waals surface area contributed by atoms with Gasteiger partial charge in [-0.15, -0.1) is 5.10 Å². The van der Waals surface area contributed by atoms with Crippen molar-refractivity contribution in [3.63, 3.8) is 0 Å². The molecule has 1 aromatic rings. The molecule has 0 fully saturated rings. The second-order valence-electron chi connectivity index (χ2n) is 4.70. The molecule has 0 atom stereocenters. The summed E-state index contributed by atoms with van der Waals surface area (Å²) in [6.45, 7) is 10.2. The van der Waals surface area contributed by atoms with Crippen LogP contribution in [0.15, 0.2) is 0 Å². The van der Waals surface area contributed by atoms with Gasteiger partial charge in [0.25, 0.3) is 0 Å². The maximum atomic E-state index is 5.86. The lowest BCUT2D eigenvalue weighted by molar-refractivity contribution is 0.203. The molecular formula is C13H24N4O. The van der Waals surface area contributed by atoms with Crippen LogP contribution in [0.2, 0.25) is 0 Å². The van der Waals surface area contributed by atoms with E-state index < -0.39 is 0 Å². The molecular weight excluding hydrogens is 228 g/mol. The van der Waals surface area contributed by atoms with Crippen molar-refractivity contribution < 1.29 is 4.74 Å². The van der Waals surface area contributed by atoms with Gasteiger partial charge in [0.15, 0.2) is 5.82 Å². The van der Waals surface area contributed by atoms with Crippen molar-refractivity contribution >= 4 is 5.82 Å². The number of aryl methyl sites for hydroxylation is 1. The van der Waals surface area contributed by atoms with Gasteiger partial charge in [0.05, 0.1) is 12.3 Å². The van der Waals surface area contributed by atoms with E-state index in [0.717, 1.165) is 29.2 Å². The van der Waals surface area contributed by atoms with Crippen molar-refractivity contribution in [1.82, 2.24) is 10.2 Å². The minimum absolute atomic E-state index is 0.335. The van der Waals surface area contributed by atoms with Crippen LogP contribution in [0.3, 0.4) is 0 Å². The fraction of sp³-hybridized carbons (Fsp3) is 0.692. The van der Waals surface area contributed by atoms with E-state index in [-0.39, 0.29) is 0 Å². The molecule has 18 heavy (non-hydrogen) atoms. The van der Waals surface area contributed by atoms with Crippen LogP contribution in [0, 0.1) is 13.8 Å². The zero-order chi connectivity index (χ0) is 13.7. The minimum atomic E-state index is 0.335. The Morgan fingerprint density at radius 1 is 1.28 bits per heavy atom. The summed E-state index contributed by atoms with van der Waals surface area (Å²) in [5.41, 5.74) is 9.01. The smallest absolute Gasteiger partial charge is 0.156 e. The highest BCUT2D eigenvalue weighted by Gasteiger charge is 2.18. The lowest BCUT2D eigenvalue weighted by atomic mass is 10.1. The van der Waals surface area contributed by atoms with Crippen LogP contribution in [0.5, 0.6) is 0 Å². The van der Waals surface area contributed by atoms with Crippen molar-refractivity contribution in [2.24, 2.45) is 5.73 Å². The molecule has 0 bridgehead atoms. The first-order valence-corrected chi connectivity index (χ1v) is 6.31. The Hall–Kier alpha value is -1.20. The second-order valence-corrected chi connectivity index (χ2v) is 4.70. The predicted molar refractivity (Wildman–Crippen MR) is 73.8 cm³/mol. The normalized spacial score (nSPS) is 11.1. The third-order valence-corrected chi connectivity index (χ3v) is 3.20. The lowest BCUT2D eigenvalue weighted by Crippen LogP contribution is -2.36. The van der Waals surface area contributed by atoms with E-state index in [4.69, 9.17) is 10.5 Å². The molecule has 0 saturated carbocycles. The average molecular weight is 252 g/mol. The highest BCUT2D eigenvalue weighted by Crippen LogP contribution is 2.23. The van der Waals surface area contributed by atoms with Crippen LogP contribution in [-0.2, 0) is 11.3 Å². The Labute approximate surface area is 109 Å². The van der Waals surface area contributed by atoms with Gasteiger partial charge >= 0.3 is 0 Å². The summed E-state index contributed by atoms with van der Waals surface area (Å²) in [6, 6.07) is 0.335. The Morgan fingerprint density at radius 3 is 2.44 bits per heavy atom. The van der Waals surface area contributed by atoms with Crippen LogP contribution >= 0.6 is 0 Å². The second kappa shape index (κ2) is 6.66. The largest absolute Gasteiger partial charge is 0.383 e. The van der Waals surface area contributed by atoms with E-state index in [1.165, 1.54) is 0 Å². The van der Waals surface area contributed by atoms with Crippen LogP contribution in [0.25, 0.3) is 0 Å². The minimum Gasteiger partial charge on any atom is -0.383 e. The molecule has 0 saturated heterocycles. The molecule has 1 aromatic heterocycles. The lowest BCUT2D eigenvalue weighted by Gasteiger charge is -2.29. The zero-order valence-electron chi connectivity index (χ0n) is 12.0. The molecule has 5 nitrogen and oxygen atoms in total. The number of aromatic nitrogens is 2. The van der Waals surface area contributed by atoms with Crippen molar-refractivity contribution in [2.45, 2.75) is 40.3 Å². The van der Waals surface area contributed by atoms with Gasteiger partial charge < -0.3 is 15.4 Å². The number of anilines is 1. The first-order chi connectivity index (χ1) is 8.52. The van der Waals surface area contributed by atoms with Gasteiger partial charge in [0.2, 0.25) is 0 Å². The molecule has 0 aliphatic rings. The van der Waals surface area contributed by atoms with Crippen molar-refractivity contribution in [3.05, 3.63) is 16.8 Å². The van der Waals surface area contributed by atoms with E-state index in [1.807, 2.05) is 13.8 Å². The summed E-state index contributed by atoms with van der Waals surface area (Å²) in [4.78, 5) is 2.19. The summed E-state index contributed by atoms with van der Waals surface area (Å²) in [6.07, 6.45) is 0. The molecule has 0 radical (unpaired) electrons. The third-order valence-electron chi connectivity index (χ3n) is 3.20. The molecule has 0 amide bonds. The number of hydrogen-bond acceptors (Lipinski definition) is 5. The standard InChI is InChI=1S/C13H24N4O/c1-9(2)17(6-7-18-5)13-12(8-14)10(3)11(4)15-16-13/h9H,6-8,14H2,1-5H3. The summed E-state index contributed by atoms with van der Waals surface area (Å²) in [5, 5.41) is 8.54. The van der Waals surface area contributed by atoms with Gasteiger partial charge in [-0.2, -0.15) is 5.10 Å². The van der Waals surface area contributed by atoms with Crippen molar-refractivity contribution in [2.75, 3.05) is 25.2 Å². The summed E-state index contributed by atoms with van der Waals surface area (Å²) in [7, 11) is 1.70. The number of ether oxygens (including phenoxy) is 1. The number of hydrogen-bond donors (Lipinski definition) is 1. The van der Waals surface area contributed by atoms with Gasteiger partial charge in [-0.05, 0) is 33.3 Å². The van der Waals surface area contributed by atoms with Gasteiger partial charge in [-0.3, -0.25) is 0 Å². The maximum Gasteiger partial charge on any atom is 0.156 e. The molecule has 102 valence electrons. The Balaban J connectivity index is 3.15. The van der Waals surface area contributed by atoms with E-state index >= 15 is 0 Å². The van der Waals surface area contributed by atoms with Gasteiger partial charge in [-0.1, -0.05) is 0 Å². The highest BCUT2D eigenvalue weighted by atomic mass is 16.5. The van der Waals surface area contributed by atoms with E-state index in [0.29, 0.717) is 19.2 Å². The number of nitrogens with zero attached hydrogens (tertiary/aromatic N) is 3. The number of rotatable bonds is 6. The number of methoxy groups -OCH3 is 1. The van der Waals surface area contributed by atoms with Crippen LogP contribution < -0.4 is 10.6 Å². The Kier molecular flexibility index (Phi) is 5.50. The fourth-order valence-electron chi connectivity index (χ4n) is 1.92.